The van der Waals surface area contributed by atoms with Crippen molar-refractivity contribution in [2.24, 2.45) is 0 Å². The maximum atomic E-state index is 6.17. The molecule has 0 fully saturated rings. The molecule has 1 aliphatic carbocycles. The minimum absolute atomic E-state index is 0.126. The second-order valence-corrected chi connectivity index (χ2v) is 9.21. The van der Waals surface area contributed by atoms with Gasteiger partial charge in [0.1, 0.15) is 12.5 Å². The number of aryl methyl sites for hydroxylation is 3. The summed E-state index contributed by atoms with van der Waals surface area (Å²) in [6, 6.07) is 2.06. The van der Waals surface area contributed by atoms with E-state index in [1.165, 1.54) is 16.0 Å². The Hall–Kier alpha value is -3.44. The maximum Gasteiger partial charge on any atom is 0.250 e. The van der Waals surface area contributed by atoms with Crippen LogP contribution < -0.4 is 11.1 Å². The molecule has 4 aromatic rings. The van der Waals surface area contributed by atoms with Crippen LogP contribution in [0.5, 0.6) is 0 Å². The van der Waals surface area contributed by atoms with Crippen molar-refractivity contribution in [2.45, 2.75) is 38.4 Å². The first-order valence-corrected chi connectivity index (χ1v) is 11.7. The highest BCUT2D eigenvalue weighted by molar-refractivity contribution is 7.17. The topological polar surface area (TPSA) is 126 Å². The van der Waals surface area contributed by atoms with E-state index in [1.54, 1.807) is 18.7 Å². The molecule has 168 valence electrons. The lowest BCUT2D eigenvalue weighted by molar-refractivity contribution is -0.149. The van der Waals surface area contributed by atoms with Gasteiger partial charge >= 0.3 is 0 Å². The van der Waals surface area contributed by atoms with Crippen LogP contribution in [0.25, 0.3) is 16.0 Å². The third-order valence-electron chi connectivity index (χ3n) is 5.84. The summed E-state index contributed by atoms with van der Waals surface area (Å²) in [6.45, 7) is 1.97. The van der Waals surface area contributed by atoms with Gasteiger partial charge in [0.05, 0.1) is 22.1 Å². The summed E-state index contributed by atoms with van der Waals surface area (Å²) >= 11 is 7.66. The number of nitrogen functional groups attached to an aromatic ring is 1. The van der Waals surface area contributed by atoms with E-state index in [4.69, 9.17) is 26.8 Å². The van der Waals surface area contributed by atoms with Crippen LogP contribution in [0.4, 0.5) is 17.6 Å². The summed E-state index contributed by atoms with van der Waals surface area (Å²) in [7, 11) is 0. The van der Waals surface area contributed by atoms with Crippen molar-refractivity contribution in [1.29, 1.82) is 0 Å². The number of nitrogens with two attached hydrogens (primary N) is 1. The van der Waals surface area contributed by atoms with Gasteiger partial charge in [-0.05, 0) is 53.9 Å². The molecule has 10 nitrogen and oxygen atoms in total. The fraction of sp³-hybridized carbons (Fsp3) is 0.286. The van der Waals surface area contributed by atoms with Crippen LogP contribution in [0.15, 0.2) is 30.2 Å². The normalized spacial score (nSPS) is 16.4. The summed E-state index contributed by atoms with van der Waals surface area (Å²) in [5, 5.41) is 9.84. The van der Waals surface area contributed by atoms with E-state index in [0.717, 1.165) is 58.4 Å². The predicted octanol–water partition coefficient (Wildman–Crippen LogP) is 4.05. The Kier molecular flexibility index (Phi) is 4.63. The quantitative estimate of drug-likeness (QED) is 0.416. The van der Waals surface area contributed by atoms with Gasteiger partial charge in [0, 0.05) is 18.5 Å². The highest BCUT2D eigenvalue weighted by Crippen LogP contribution is 2.35. The third-order valence-corrected chi connectivity index (χ3v) is 7.09. The Bertz CT molecular complexity index is 1410. The van der Waals surface area contributed by atoms with Crippen molar-refractivity contribution >= 4 is 50.7 Å². The summed E-state index contributed by atoms with van der Waals surface area (Å²) < 4.78 is 13.7. The number of thiophene rings is 1. The zero-order valence-corrected chi connectivity index (χ0v) is 19.2. The number of hydrogen-bond acceptors (Lipinski definition) is 10. The molecule has 0 atom stereocenters. The second-order valence-electron chi connectivity index (χ2n) is 7.99. The summed E-state index contributed by atoms with van der Waals surface area (Å²) in [4.78, 5) is 17.7. The lowest BCUT2D eigenvalue weighted by atomic mass is 10.1. The standard InChI is InChI=1S/C21H19ClN8O2S/c1-11-10-33-16-15(11)26-18(22)27-17(16)30-19(23)28-20(29-30)25-13-8-12-2-4-21(31-6-7-32-21)5-3-14(12)24-9-13/h6-10H,2-5H2,1H3,(H3,23,25,28,29). The molecule has 1 aliphatic heterocycles. The average Bonchev–Trinajstić information content (AvgIpc) is 3.47. The largest absolute Gasteiger partial charge is 0.457 e. The van der Waals surface area contributed by atoms with Crippen LogP contribution >= 0.6 is 22.9 Å². The SMILES string of the molecule is Cc1csc2c(-n3nc(Nc4cnc5c(c4)CCC4(CC5)OC=CO4)nc3N)nc(Cl)nc12. The van der Waals surface area contributed by atoms with Gasteiger partial charge in [-0.2, -0.15) is 14.6 Å². The first kappa shape index (κ1) is 20.2. The molecule has 12 heteroatoms. The Morgan fingerprint density at radius 1 is 1.18 bits per heavy atom. The first-order valence-electron chi connectivity index (χ1n) is 10.4. The average molecular weight is 483 g/mol. The van der Waals surface area contributed by atoms with Gasteiger partial charge in [0.15, 0.2) is 5.82 Å². The molecule has 0 bridgehead atoms. The van der Waals surface area contributed by atoms with E-state index in [0.29, 0.717) is 11.8 Å². The van der Waals surface area contributed by atoms with Gasteiger partial charge in [-0.3, -0.25) is 4.98 Å². The highest BCUT2D eigenvalue weighted by atomic mass is 35.5. The lowest BCUT2D eigenvalue weighted by Crippen LogP contribution is -2.30. The maximum absolute atomic E-state index is 6.17. The molecule has 6 rings (SSSR count). The first-order chi connectivity index (χ1) is 16.0. The van der Waals surface area contributed by atoms with Gasteiger partial charge in [-0.15, -0.1) is 16.4 Å². The van der Waals surface area contributed by atoms with Crippen molar-refractivity contribution in [3.8, 4) is 5.82 Å². The molecule has 4 aromatic heterocycles. The van der Waals surface area contributed by atoms with Crippen LogP contribution in [-0.2, 0) is 22.3 Å². The van der Waals surface area contributed by atoms with E-state index in [2.05, 4.69) is 36.4 Å². The van der Waals surface area contributed by atoms with E-state index < -0.39 is 5.79 Å². The molecule has 33 heavy (non-hydrogen) atoms. The zero-order chi connectivity index (χ0) is 22.6. The molecule has 0 amide bonds. The Balaban J connectivity index is 1.28. The predicted molar refractivity (Wildman–Crippen MR) is 125 cm³/mol. The highest BCUT2D eigenvalue weighted by Gasteiger charge is 2.37. The number of fused-ring (bicyclic) bond motifs is 2. The second kappa shape index (κ2) is 7.56. The number of hydrogen-bond donors (Lipinski definition) is 2. The van der Waals surface area contributed by atoms with E-state index >= 15 is 0 Å². The van der Waals surface area contributed by atoms with Crippen LogP contribution in [0, 0.1) is 6.92 Å². The number of aromatic nitrogens is 6. The summed E-state index contributed by atoms with van der Waals surface area (Å²) in [5.74, 6) is 0.444. The molecular weight excluding hydrogens is 464 g/mol. The van der Waals surface area contributed by atoms with Crippen LogP contribution in [-0.4, -0.2) is 35.5 Å². The smallest absolute Gasteiger partial charge is 0.250 e. The fourth-order valence-electron chi connectivity index (χ4n) is 4.17. The van der Waals surface area contributed by atoms with Crippen LogP contribution in [0.3, 0.4) is 0 Å². The van der Waals surface area contributed by atoms with E-state index in [-0.39, 0.29) is 11.2 Å². The van der Waals surface area contributed by atoms with Gasteiger partial charge in [-0.1, -0.05) is 0 Å². The number of rotatable bonds is 3. The number of nitrogens with zero attached hydrogens (tertiary/aromatic N) is 6. The third kappa shape index (κ3) is 3.53. The minimum Gasteiger partial charge on any atom is -0.457 e. The monoisotopic (exact) mass is 482 g/mol. The zero-order valence-electron chi connectivity index (χ0n) is 17.6. The lowest BCUT2D eigenvalue weighted by Gasteiger charge is -2.25. The number of pyridine rings is 1. The summed E-state index contributed by atoms with van der Waals surface area (Å²) in [6.07, 6.45) is 8.07. The van der Waals surface area contributed by atoms with Crippen molar-refractivity contribution in [3.63, 3.8) is 0 Å². The van der Waals surface area contributed by atoms with Crippen molar-refractivity contribution in [2.75, 3.05) is 11.1 Å². The molecule has 3 N–H and O–H groups in total. The number of halogens is 1. The van der Waals surface area contributed by atoms with Crippen molar-refractivity contribution in [1.82, 2.24) is 29.7 Å². The molecule has 0 aromatic carbocycles. The van der Waals surface area contributed by atoms with E-state index in [1.807, 2.05) is 12.3 Å². The number of nitrogens with one attached hydrogen (secondary N) is 1. The molecule has 1 spiro atoms. The van der Waals surface area contributed by atoms with Crippen molar-refractivity contribution < 1.29 is 9.47 Å². The molecule has 2 aliphatic rings. The van der Waals surface area contributed by atoms with Gasteiger partial charge < -0.3 is 20.5 Å². The molecular formula is C21H19ClN8O2S. The number of anilines is 3. The molecule has 5 heterocycles. The Morgan fingerprint density at radius 3 is 2.85 bits per heavy atom. The van der Waals surface area contributed by atoms with Gasteiger partial charge in [0.2, 0.25) is 17.2 Å². The van der Waals surface area contributed by atoms with Crippen LogP contribution in [0.2, 0.25) is 5.28 Å². The molecule has 0 saturated carbocycles. The summed E-state index contributed by atoms with van der Waals surface area (Å²) in [5.41, 5.74) is 10.9. The Morgan fingerprint density at radius 2 is 2.00 bits per heavy atom. The molecule has 0 radical (unpaired) electrons. The van der Waals surface area contributed by atoms with E-state index in [9.17, 15) is 0 Å². The van der Waals surface area contributed by atoms with Gasteiger partial charge in [-0.25, -0.2) is 4.98 Å². The minimum atomic E-state index is -0.576. The Labute approximate surface area is 197 Å². The fourth-order valence-corrected chi connectivity index (χ4v) is 5.30. The van der Waals surface area contributed by atoms with Gasteiger partial charge in [0.25, 0.3) is 5.79 Å². The number of ether oxygens (including phenoxy) is 2. The van der Waals surface area contributed by atoms with Crippen LogP contribution in [0.1, 0.15) is 29.7 Å². The van der Waals surface area contributed by atoms with Crippen molar-refractivity contribution in [3.05, 3.63) is 52.3 Å². The molecule has 0 saturated heterocycles. The molecule has 0 unspecified atom stereocenters.